The van der Waals surface area contributed by atoms with Crippen LogP contribution in [0.2, 0.25) is 0 Å². The molecule has 1 aliphatic rings. The fourth-order valence-electron chi connectivity index (χ4n) is 1.86. The van der Waals surface area contributed by atoms with E-state index >= 15 is 0 Å². The molecule has 0 spiro atoms. The van der Waals surface area contributed by atoms with E-state index in [4.69, 9.17) is 10.5 Å². The van der Waals surface area contributed by atoms with Crippen LogP contribution in [0.4, 0.5) is 0 Å². The van der Waals surface area contributed by atoms with Gasteiger partial charge in [0.05, 0.1) is 0 Å². The first-order valence-corrected chi connectivity index (χ1v) is 4.07. The summed E-state index contributed by atoms with van der Waals surface area (Å²) in [7, 11) is 1.77. The molecule has 2 unspecified atom stereocenters. The van der Waals surface area contributed by atoms with Crippen molar-refractivity contribution in [1.29, 1.82) is 0 Å². The molecule has 0 heterocycles. The van der Waals surface area contributed by atoms with Gasteiger partial charge in [-0.1, -0.05) is 6.42 Å². The molecule has 0 amide bonds. The molecule has 2 N–H and O–H groups in total. The van der Waals surface area contributed by atoms with Crippen LogP contribution in [0.15, 0.2) is 0 Å². The van der Waals surface area contributed by atoms with Gasteiger partial charge < -0.3 is 10.5 Å². The number of methoxy groups -OCH3 is 1. The molecule has 0 aromatic heterocycles. The van der Waals surface area contributed by atoms with Crippen LogP contribution in [0.1, 0.15) is 19.3 Å². The second-order valence-corrected chi connectivity index (χ2v) is 3.14. The third-order valence-corrected chi connectivity index (χ3v) is 2.50. The van der Waals surface area contributed by atoms with Gasteiger partial charge in [0, 0.05) is 13.7 Å². The SMILES string of the molecule is COCC1CCCC1CN. The number of hydrogen-bond acceptors (Lipinski definition) is 2. The van der Waals surface area contributed by atoms with Gasteiger partial charge in [-0.2, -0.15) is 0 Å². The molecule has 1 aliphatic carbocycles. The quantitative estimate of drug-likeness (QED) is 0.640. The molecular formula is C8H17NO. The number of hydrogen-bond donors (Lipinski definition) is 1. The van der Waals surface area contributed by atoms with Gasteiger partial charge in [-0.15, -0.1) is 0 Å². The third-order valence-electron chi connectivity index (χ3n) is 2.50. The summed E-state index contributed by atoms with van der Waals surface area (Å²) in [6.07, 6.45) is 3.97. The first kappa shape index (κ1) is 8.02. The molecule has 2 atom stereocenters. The molecule has 0 aliphatic heterocycles. The molecule has 1 rings (SSSR count). The van der Waals surface area contributed by atoms with E-state index in [2.05, 4.69) is 0 Å². The number of nitrogens with two attached hydrogens (primary N) is 1. The van der Waals surface area contributed by atoms with Gasteiger partial charge in [0.25, 0.3) is 0 Å². The van der Waals surface area contributed by atoms with Crippen LogP contribution in [-0.2, 0) is 4.74 Å². The highest BCUT2D eigenvalue weighted by atomic mass is 16.5. The molecule has 1 fully saturated rings. The predicted molar refractivity (Wildman–Crippen MR) is 41.8 cm³/mol. The Hall–Kier alpha value is -0.0800. The molecule has 0 saturated heterocycles. The lowest BCUT2D eigenvalue weighted by molar-refractivity contribution is 0.134. The molecule has 2 nitrogen and oxygen atoms in total. The van der Waals surface area contributed by atoms with Gasteiger partial charge in [-0.25, -0.2) is 0 Å². The van der Waals surface area contributed by atoms with Crippen molar-refractivity contribution >= 4 is 0 Å². The largest absolute Gasteiger partial charge is 0.384 e. The average Bonchev–Trinajstić information content (AvgIpc) is 2.36. The minimum absolute atomic E-state index is 0.736. The van der Waals surface area contributed by atoms with Crippen molar-refractivity contribution in [3.63, 3.8) is 0 Å². The van der Waals surface area contributed by atoms with Gasteiger partial charge in [0.1, 0.15) is 0 Å². The topological polar surface area (TPSA) is 35.2 Å². The first-order chi connectivity index (χ1) is 4.88. The molecular weight excluding hydrogens is 126 g/mol. The van der Waals surface area contributed by atoms with Crippen molar-refractivity contribution in [3.05, 3.63) is 0 Å². The van der Waals surface area contributed by atoms with Gasteiger partial charge in [0.15, 0.2) is 0 Å². The maximum absolute atomic E-state index is 5.60. The van der Waals surface area contributed by atoms with E-state index in [1.54, 1.807) is 7.11 Å². The van der Waals surface area contributed by atoms with Crippen LogP contribution < -0.4 is 5.73 Å². The van der Waals surface area contributed by atoms with Crippen LogP contribution in [0, 0.1) is 11.8 Å². The van der Waals surface area contributed by atoms with E-state index in [0.717, 1.165) is 25.0 Å². The summed E-state index contributed by atoms with van der Waals surface area (Å²) in [4.78, 5) is 0. The Kier molecular flexibility index (Phi) is 3.16. The van der Waals surface area contributed by atoms with E-state index in [9.17, 15) is 0 Å². The second-order valence-electron chi connectivity index (χ2n) is 3.14. The summed E-state index contributed by atoms with van der Waals surface area (Å²) >= 11 is 0. The molecule has 60 valence electrons. The monoisotopic (exact) mass is 143 g/mol. The van der Waals surface area contributed by atoms with E-state index in [-0.39, 0.29) is 0 Å². The first-order valence-electron chi connectivity index (χ1n) is 4.07. The van der Waals surface area contributed by atoms with Crippen LogP contribution in [0.25, 0.3) is 0 Å². The standard InChI is InChI=1S/C8H17NO/c1-10-6-8-4-2-3-7(8)5-9/h7-8H,2-6,9H2,1H3. The summed E-state index contributed by atoms with van der Waals surface area (Å²) in [5, 5.41) is 0. The number of ether oxygens (including phenoxy) is 1. The summed E-state index contributed by atoms with van der Waals surface area (Å²) in [6.45, 7) is 1.75. The van der Waals surface area contributed by atoms with Gasteiger partial charge in [-0.05, 0) is 31.2 Å². The zero-order chi connectivity index (χ0) is 7.40. The van der Waals surface area contributed by atoms with Crippen LogP contribution in [-0.4, -0.2) is 20.3 Å². The molecule has 0 aromatic carbocycles. The molecule has 0 radical (unpaired) electrons. The normalized spacial score (nSPS) is 33.0. The smallest absolute Gasteiger partial charge is 0.0493 e. The van der Waals surface area contributed by atoms with E-state index in [1.807, 2.05) is 0 Å². The van der Waals surface area contributed by atoms with Gasteiger partial charge >= 0.3 is 0 Å². The van der Waals surface area contributed by atoms with Crippen molar-refractivity contribution in [2.75, 3.05) is 20.3 Å². The van der Waals surface area contributed by atoms with E-state index < -0.39 is 0 Å². The Balaban J connectivity index is 2.27. The summed E-state index contributed by atoms with van der Waals surface area (Å²) in [6, 6.07) is 0. The van der Waals surface area contributed by atoms with Crippen molar-refractivity contribution < 1.29 is 4.74 Å². The molecule has 10 heavy (non-hydrogen) atoms. The lowest BCUT2D eigenvalue weighted by Crippen LogP contribution is -2.21. The maximum Gasteiger partial charge on any atom is 0.0493 e. The molecule has 1 saturated carbocycles. The maximum atomic E-state index is 5.60. The Bertz CT molecular complexity index is 95.3. The predicted octanol–water partition coefficient (Wildman–Crippen LogP) is 1.01. The summed E-state index contributed by atoms with van der Waals surface area (Å²) < 4.78 is 5.10. The number of rotatable bonds is 3. The van der Waals surface area contributed by atoms with Crippen LogP contribution >= 0.6 is 0 Å². The Morgan fingerprint density at radius 3 is 2.70 bits per heavy atom. The molecule has 0 aromatic rings. The van der Waals surface area contributed by atoms with Crippen molar-refractivity contribution in [3.8, 4) is 0 Å². The lowest BCUT2D eigenvalue weighted by Gasteiger charge is -2.15. The third kappa shape index (κ3) is 1.70. The average molecular weight is 143 g/mol. The van der Waals surface area contributed by atoms with E-state index in [0.29, 0.717) is 0 Å². The van der Waals surface area contributed by atoms with Gasteiger partial charge in [-0.3, -0.25) is 0 Å². The highest BCUT2D eigenvalue weighted by molar-refractivity contribution is 4.77. The minimum atomic E-state index is 0.736. The molecule has 0 bridgehead atoms. The van der Waals surface area contributed by atoms with E-state index in [1.165, 1.54) is 19.3 Å². The zero-order valence-electron chi connectivity index (χ0n) is 6.68. The fourth-order valence-corrected chi connectivity index (χ4v) is 1.86. The van der Waals surface area contributed by atoms with Gasteiger partial charge in [0.2, 0.25) is 0 Å². The molecule has 2 heteroatoms. The lowest BCUT2D eigenvalue weighted by atomic mass is 9.97. The Morgan fingerprint density at radius 2 is 2.10 bits per heavy atom. The fraction of sp³-hybridized carbons (Fsp3) is 1.00. The van der Waals surface area contributed by atoms with Crippen LogP contribution in [0.5, 0.6) is 0 Å². The van der Waals surface area contributed by atoms with Crippen molar-refractivity contribution in [1.82, 2.24) is 0 Å². The summed E-state index contributed by atoms with van der Waals surface area (Å²) in [5.74, 6) is 1.48. The van der Waals surface area contributed by atoms with Crippen LogP contribution in [0.3, 0.4) is 0 Å². The zero-order valence-corrected chi connectivity index (χ0v) is 6.68. The van der Waals surface area contributed by atoms with Crippen molar-refractivity contribution in [2.45, 2.75) is 19.3 Å². The Morgan fingerprint density at radius 1 is 1.40 bits per heavy atom. The second kappa shape index (κ2) is 3.94. The highest BCUT2D eigenvalue weighted by Crippen LogP contribution is 2.30. The summed E-state index contributed by atoms with van der Waals surface area (Å²) in [5.41, 5.74) is 5.60. The van der Waals surface area contributed by atoms with Crippen molar-refractivity contribution in [2.24, 2.45) is 17.6 Å². The minimum Gasteiger partial charge on any atom is -0.384 e. The Labute approximate surface area is 62.7 Å². The highest BCUT2D eigenvalue weighted by Gasteiger charge is 2.25.